The maximum Gasteiger partial charge on any atom is 0.413 e. The Hall–Kier alpha value is -1.75. The fraction of sp³-hybridized carbons (Fsp3) is 0.611. The summed E-state index contributed by atoms with van der Waals surface area (Å²) in [6, 6.07) is 9.11. The van der Waals surface area contributed by atoms with E-state index in [0.29, 0.717) is 18.7 Å². The Morgan fingerprint density at radius 3 is 2.43 bits per heavy atom. The summed E-state index contributed by atoms with van der Waals surface area (Å²) in [6.45, 7) is 9.01. The van der Waals surface area contributed by atoms with E-state index in [4.69, 9.17) is 4.74 Å². The number of anilines is 2. The zero-order valence-electron chi connectivity index (χ0n) is 14.7. The van der Waals surface area contributed by atoms with E-state index >= 15 is 0 Å². The van der Waals surface area contributed by atoms with Crippen LogP contribution in [0.25, 0.3) is 0 Å². The summed E-state index contributed by atoms with van der Waals surface area (Å²) in [6.07, 6.45) is 2.01. The number of carbonyl (C=O) groups excluding carboxylic acids is 1. The normalized spacial score (nSPS) is 16.4. The lowest BCUT2D eigenvalue weighted by molar-refractivity contribution is 0.161. The van der Waals surface area contributed by atoms with Crippen LogP contribution in [-0.4, -0.2) is 49.8 Å². The standard InChI is InChI=1S/C18H29N3O2/c1-5-23-18(22)20(4)17-8-6-15(7-9-17)19-16-10-12-21(13-11-16)14(2)3/h6-9,14,16,19H,5,10-13H2,1-4H3. The highest BCUT2D eigenvalue weighted by atomic mass is 16.6. The van der Waals surface area contributed by atoms with Gasteiger partial charge in [-0.2, -0.15) is 0 Å². The van der Waals surface area contributed by atoms with Crippen molar-refractivity contribution in [2.24, 2.45) is 0 Å². The van der Waals surface area contributed by atoms with Crippen molar-refractivity contribution in [3.8, 4) is 0 Å². The van der Waals surface area contributed by atoms with E-state index in [2.05, 4.69) is 24.1 Å². The first kappa shape index (κ1) is 17.6. The minimum atomic E-state index is -0.325. The summed E-state index contributed by atoms with van der Waals surface area (Å²) < 4.78 is 5.01. The fourth-order valence-electron chi connectivity index (χ4n) is 2.90. The van der Waals surface area contributed by atoms with E-state index < -0.39 is 0 Å². The molecule has 1 aliphatic rings. The van der Waals surface area contributed by atoms with Gasteiger partial charge in [0.2, 0.25) is 0 Å². The molecule has 1 aromatic rings. The third-order valence-electron chi connectivity index (χ3n) is 4.43. The predicted octanol–water partition coefficient (Wildman–Crippen LogP) is 3.56. The maximum atomic E-state index is 11.7. The molecule has 23 heavy (non-hydrogen) atoms. The quantitative estimate of drug-likeness (QED) is 0.901. The van der Waals surface area contributed by atoms with Gasteiger partial charge in [0.05, 0.1) is 6.61 Å². The van der Waals surface area contributed by atoms with Gasteiger partial charge in [0.25, 0.3) is 0 Å². The number of nitrogens with one attached hydrogen (secondary N) is 1. The van der Waals surface area contributed by atoms with Crippen LogP contribution in [0.1, 0.15) is 33.6 Å². The monoisotopic (exact) mass is 319 g/mol. The summed E-state index contributed by atoms with van der Waals surface area (Å²) in [5.74, 6) is 0. The second-order valence-electron chi connectivity index (χ2n) is 6.35. The lowest BCUT2D eigenvalue weighted by atomic mass is 10.0. The summed E-state index contributed by atoms with van der Waals surface area (Å²) >= 11 is 0. The van der Waals surface area contributed by atoms with Gasteiger partial charge >= 0.3 is 6.09 Å². The van der Waals surface area contributed by atoms with Crippen molar-refractivity contribution < 1.29 is 9.53 Å². The van der Waals surface area contributed by atoms with Crippen LogP contribution in [0.15, 0.2) is 24.3 Å². The van der Waals surface area contributed by atoms with Crippen LogP contribution in [0.5, 0.6) is 0 Å². The average Bonchev–Trinajstić information content (AvgIpc) is 2.55. The molecule has 1 aliphatic heterocycles. The Labute approximate surface area is 139 Å². The van der Waals surface area contributed by atoms with E-state index in [-0.39, 0.29) is 6.09 Å². The minimum absolute atomic E-state index is 0.325. The van der Waals surface area contributed by atoms with Gasteiger partial charge in [-0.25, -0.2) is 4.79 Å². The van der Waals surface area contributed by atoms with Crippen molar-refractivity contribution in [3.05, 3.63) is 24.3 Å². The molecule has 0 aromatic heterocycles. The van der Waals surface area contributed by atoms with Crippen LogP contribution in [0.3, 0.4) is 0 Å². The van der Waals surface area contributed by atoms with Gasteiger partial charge in [0.1, 0.15) is 0 Å². The van der Waals surface area contributed by atoms with Crippen molar-refractivity contribution in [2.75, 3.05) is 37.0 Å². The molecule has 1 aromatic carbocycles. The van der Waals surface area contributed by atoms with E-state index in [1.54, 1.807) is 7.05 Å². The topological polar surface area (TPSA) is 44.8 Å². The van der Waals surface area contributed by atoms with Gasteiger partial charge in [-0.3, -0.25) is 4.90 Å². The van der Waals surface area contributed by atoms with Crippen molar-refractivity contribution in [1.29, 1.82) is 0 Å². The van der Waals surface area contributed by atoms with Gasteiger partial charge in [-0.15, -0.1) is 0 Å². The second kappa shape index (κ2) is 8.20. The Balaban J connectivity index is 1.87. The fourth-order valence-corrected chi connectivity index (χ4v) is 2.90. The summed E-state index contributed by atoms with van der Waals surface area (Å²) in [5.41, 5.74) is 1.94. The average molecular weight is 319 g/mol. The summed E-state index contributed by atoms with van der Waals surface area (Å²) in [4.78, 5) is 15.8. The SMILES string of the molecule is CCOC(=O)N(C)c1ccc(NC2CCN(C(C)C)CC2)cc1. The highest BCUT2D eigenvalue weighted by Gasteiger charge is 2.20. The number of rotatable bonds is 5. The molecule has 1 fully saturated rings. The van der Waals surface area contributed by atoms with Gasteiger partial charge in [-0.05, 0) is 57.9 Å². The molecule has 5 heteroatoms. The molecule has 2 rings (SSSR count). The Bertz CT molecular complexity index is 493. The van der Waals surface area contributed by atoms with Crippen LogP contribution < -0.4 is 10.2 Å². The highest BCUT2D eigenvalue weighted by molar-refractivity contribution is 5.87. The smallest absolute Gasteiger partial charge is 0.413 e. The van der Waals surface area contributed by atoms with Crippen LogP contribution >= 0.6 is 0 Å². The Morgan fingerprint density at radius 1 is 1.30 bits per heavy atom. The first-order chi connectivity index (χ1) is 11.0. The highest BCUT2D eigenvalue weighted by Crippen LogP contribution is 2.21. The largest absolute Gasteiger partial charge is 0.449 e. The van der Waals surface area contributed by atoms with Crippen LogP contribution in [0.2, 0.25) is 0 Å². The number of ether oxygens (including phenoxy) is 1. The molecule has 1 heterocycles. The van der Waals surface area contributed by atoms with Crippen molar-refractivity contribution in [1.82, 2.24) is 4.90 Å². The number of piperidine rings is 1. The lowest BCUT2D eigenvalue weighted by Crippen LogP contribution is -2.42. The third kappa shape index (κ3) is 4.86. The number of benzene rings is 1. The first-order valence-electron chi connectivity index (χ1n) is 8.52. The molecule has 1 N–H and O–H groups in total. The number of carbonyl (C=O) groups is 1. The number of nitrogens with zero attached hydrogens (tertiary/aromatic N) is 2. The van der Waals surface area contributed by atoms with Crippen LogP contribution in [-0.2, 0) is 4.74 Å². The molecule has 0 aliphatic carbocycles. The molecule has 0 radical (unpaired) electrons. The number of amides is 1. The van der Waals surface area contributed by atoms with Crippen molar-refractivity contribution in [2.45, 2.75) is 45.7 Å². The Kier molecular flexibility index (Phi) is 6.28. The number of likely N-dealkylation sites (tertiary alicyclic amines) is 1. The summed E-state index contributed by atoms with van der Waals surface area (Å²) in [5, 5.41) is 3.60. The molecule has 1 amide bonds. The van der Waals surface area contributed by atoms with Gasteiger partial charge in [-0.1, -0.05) is 0 Å². The van der Waals surface area contributed by atoms with E-state index in [1.165, 1.54) is 17.7 Å². The summed E-state index contributed by atoms with van der Waals surface area (Å²) in [7, 11) is 1.72. The zero-order chi connectivity index (χ0) is 16.8. The molecular weight excluding hydrogens is 290 g/mol. The Morgan fingerprint density at radius 2 is 1.91 bits per heavy atom. The third-order valence-corrected chi connectivity index (χ3v) is 4.43. The van der Waals surface area contributed by atoms with Gasteiger partial charge < -0.3 is 15.0 Å². The van der Waals surface area contributed by atoms with Gasteiger partial charge in [0.15, 0.2) is 0 Å². The van der Waals surface area contributed by atoms with Crippen molar-refractivity contribution in [3.63, 3.8) is 0 Å². The molecule has 5 nitrogen and oxygen atoms in total. The molecule has 0 saturated carbocycles. The molecule has 0 atom stereocenters. The first-order valence-corrected chi connectivity index (χ1v) is 8.52. The minimum Gasteiger partial charge on any atom is -0.449 e. The molecule has 0 bridgehead atoms. The lowest BCUT2D eigenvalue weighted by Gasteiger charge is -2.35. The van der Waals surface area contributed by atoms with E-state index in [0.717, 1.165) is 24.5 Å². The predicted molar refractivity (Wildman–Crippen MR) is 95.2 cm³/mol. The van der Waals surface area contributed by atoms with Gasteiger partial charge in [0, 0.05) is 43.6 Å². The molecular formula is C18H29N3O2. The second-order valence-corrected chi connectivity index (χ2v) is 6.35. The molecule has 128 valence electrons. The molecule has 0 unspecified atom stereocenters. The van der Waals surface area contributed by atoms with E-state index in [9.17, 15) is 4.79 Å². The maximum absolute atomic E-state index is 11.7. The van der Waals surface area contributed by atoms with Crippen LogP contribution in [0.4, 0.5) is 16.2 Å². The molecule has 0 spiro atoms. The number of hydrogen-bond acceptors (Lipinski definition) is 4. The van der Waals surface area contributed by atoms with Crippen LogP contribution in [0, 0.1) is 0 Å². The molecule has 1 saturated heterocycles. The number of hydrogen-bond donors (Lipinski definition) is 1. The van der Waals surface area contributed by atoms with Crippen molar-refractivity contribution >= 4 is 17.5 Å². The zero-order valence-corrected chi connectivity index (χ0v) is 14.7. The van der Waals surface area contributed by atoms with E-state index in [1.807, 2.05) is 31.2 Å².